The highest BCUT2D eigenvalue weighted by molar-refractivity contribution is 5.49. The van der Waals surface area contributed by atoms with Crippen LogP contribution in [0.25, 0.3) is 0 Å². The summed E-state index contributed by atoms with van der Waals surface area (Å²) in [6.45, 7) is 6.29. The number of hydrogen-bond acceptors (Lipinski definition) is 4. The van der Waals surface area contributed by atoms with E-state index in [1.807, 2.05) is 24.4 Å². The van der Waals surface area contributed by atoms with Gasteiger partial charge >= 0.3 is 0 Å². The highest BCUT2D eigenvalue weighted by Gasteiger charge is 2.23. The highest BCUT2D eigenvalue weighted by Crippen LogP contribution is 2.39. The molecule has 2 aliphatic heterocycles. The van der Waals surface area contributed by atoms with Crippen LogP contribution in [0, 0.1) is 0 Å². The molecule has 0 N–H and O–H groups in total. The van der Waals surface area contributed by atoms with Crippen LogP contribution < -0.4 is 9.47 Å². The van der Waals surface area contributed by atoms with Gasteiger partial charge in [0.15, 0.2) is 11.5 Å². The Labute approximate surface area is 142 Å². The van der Waals surface area contributed by atoms with E-state index in [1.54, 1.807) is 0 Å². The molecule has 0 spiro atoms. The van der Waals surface area contributed by atoms with Gasteiger partial charge < -0.3 is 14.2 Å². The van der Waals surface area contributed by atoms with Gasteiger partial charge in [-0.05, 0) is 37.8 Å². The van der Waals surface area contributed by atoms with Crippen LogP contribution in [-0.4, -0.2) is 23.2 Å². The Morgan fingerprint density at radius 2 is 2.12 bits per heavy atom. The van der Waals surface area contributed by atoms with Crippen molar-refractivity contribution in [2.24, 2.45) is 0 Å². The summed E-state index contributed by atoms with van der Waals surface area (Å²) in [4.78, 5) is 0. The quantitative estimate of drug-likeness (QED) is 0.837. The molecule has 4 rings (SSSR count). The monoisotopic (exact) mass is 328 g/mol. The Kier molecular flexibility index (Phi) is 4.19. The van der Waals surface area contributed by atoms with E-state index in [0.717, 1.165) is 30.0 Å². The van der Waals surface area contributed by atoms with Gasteiger partial charge in [-0.15, -0.1) is 0 Å². The summed E-state index contributed by atoms with van der Waals surface area (Å²) in [6.07, 6.45) is 5.62. The number of aryl methyl sites for hydroxylation is 1. The van der Waals surface area contributed by atoms with E-state index in [2.05, 4.69) is 23.6 Å². The average molecular weight is 328 g/mol. The lowest BCUT2D eigenvalue weighted by atomic mass is 9.98. The van der Waals surface area contributed by atoms with Crippen molar-refractivity contribution in [3.8, 4) is 11.5 Å². The van der Waals surface area contributed by atoms with Crippen molar-refractivity contribution < 1.29 is 14.2 Å². The van der Waals surface area contributed by atoms with Gasteiger partial charge in [-0.2, -0.15) is 5.10 Å². The molecule has 2 unspecified atom stereocenters. The molecule has 2 atom stereocenters. The lowest BCUT2D eigenvalue weighted by Gasteiger charge is -2.20. The maximum absolute atomic E-state index is 6.16. The molecular formula is C19H24N2O3. The SMILES string of the molecule is CC(COC(C)c1cccc2c1OCO2)c1cnn2c1CCCC2. The number of hydrogen-bond donors (Lipinski definition) is 0. The Hall–Kier alpha value is -2.01. The van der Waals surface area contributed by atoms with E-state index >= 15 is 0 Å². The van der Waals surface area contributed by atoms with Crippen molar-refractivity contribution in [3.05, 3.63) is 41.2 Å². The van der Waals surface area contributed by atoms with Crippen LogP contribution in [0.1, 0.15) is 55.5 Å². The zero-order valence-corrected chi connectivity index (χ0v) is 14.3. The van der Waals surface area contributed by atoms with Crippen molar-refractivity contribution in [2.75, 3.05) is 13.4 Å². The molecule has 0 aliphatic carbocycles. The maximum atomic E-state index is 6.16. The standard InChI is InChI=1S/C19H24N2O3/c1-13(16-10-20-21-9-4-3-7-17(16)21)11-22-14(2)15-6-5-8-18-19(15)24-12-23-18/h5-6,8,10,13-14H,3-4,7,9,11-12H2,1-2H3. The van der Waals surface area contributed by atoms with E-state index in [9.17, 15) is 0 Å². The largest absolute Gasteiger partial charge is 0.454 e. The van der Waals surface area contributed by atoms with Crippen LogP contribution in [0.2, 0.25) is 0 Å². The highest BCUT2D eigenvalue weighted by atomic mass is 16.7. The zero-order chi connectivity index (χ0) is 16.5. The molecule has 1 aromatic carbocycles. The number of aromatic nitrogens is 2. The summed E-state index contributed by atoms with van der Waals surface area (Å²) < 4.78 is 19.4. The molecule has 0 fully saturated rings. The third-order valence-electron chi connectivity index (χ3n) is 5.01. The summed E-state index contributed by atoms with van der Waals surface area (Å²) in [6, 6.07) is 5.96. The van der Waals surface area contributed by atoms with Gasteiger partial charge in [0.2, 0.25) is 6.79 Å². The van der Waals surface area contributed by atoms with Crippen LogP contribution in [0.15, 0.2) is 24.4 Å². The average Bonchev–Trinajstić information content (AvgIpc) is 3.25. The molecule has 5 heteroatoms. The van der Waals surface area contributed by atoms with Gasteiger partial charge in [0, 0.05) is 23.7 Å². The normalized spacial score (nSPS) is 18.2. The summed E-state index contributed by atoms with van der Waals surface area (Å²) in [5, 5.41) is 4.53. The first kappa shape index (κ1) is 15.5. The van der Waals surface area contributed by atoms with E-state index in [1.165, 1.54) is 24.1 Å². The van der Waals surface area contributed by atoms with Crippen LogP contribution >= 0.6 is 0 Å². The third kappa shape index (κ3) is 2.77. The number of benzene rings is 1. The molecule has 2 aliphatic rings. The minimum Gasteiger partial charge on any atom is -0.454 e. The van der Waals surface area contributed by atoms with Crippen LogP contribution in [0.3, 0.4) is 0 Å². The number of fused-ring (bicyclic) bond motifs is 2. The van der Waals surface area contributed by atoms with Crippen molar-refractivity contribution in [1.82, 2.24) is 9.78 Å². The smallest absolute Gasteiger partial charge is 0.231 e. The molecule has 0 saturated heterocycles. The van der Waals surface area contributed by atoms with E-state index < -0.39 is 0 Å². The van der Waals surface area contributed by atoms with Crippen molar-refractivity contribution in [1.29, 1.82) is 0 Å². The van der Waals surface area contributed by atoms with Gasteiger partial charge in [0.25, 0.3) is 0 Å². The first-order valence-corrected chi connectivity index (χ1v) is 8.78. The lowest BCUT2D eigenvalue weighted by molar-refractivity contribution is 0.0552. The maximum Gasteiger partial charge on any atom is 0.231 e. The summed E-state index contributed by atoms with van der Waals surface area (Å²) in [5.41, 5.74) is 3.77. The Morgan fingerprint density at radius 3 is 3.04 bits per heavy atom. The zero-order valence-electron chi connectivity index (χ0n) is 14.3. The van der Waals surface area contributed by atoms with Gasteiger partial charge in [-0.1, -0.05) is 19.1 Å². The molecule has 0 saturated carbocycles. The van der Waals surface area contributed by atoms with E-state index in [-0.39, 0.29) is 12.9 Å². The van der Waals surface area contributed by atoms with Gasteiger partial charge in [0.05, 0.1) is 18.9 Å². The number of para-hydroxylation sites is 1. The second-order valence-electron chi connectivity index (χ2n) is 6.68. The number of ether oxygens (including phenoxy) is 3. The Morgan fingerprint density at radius 1 is 1.21 bits per heavy atom. The Balaban J connectivity index is 1.43. The molecule has 3 heterocycles. The number of rotatable bonds is 5. The van der Waals surface area contributed by atoms with Gasteiger partial charge in [0.1, 0.15) is 0 Å². The molecule has 24 heavy (non-hydrogen) atoms. The van der Waals surface area contributed by atoms with Gasteiger partial charge in [-0.3, -0.25) is 4.68 Å². The number of nitrogens with zero attached hydrogens (tertiary/aromatic N) is 2. The second kappa shape index (κ2) is 6.48. The van der Waals surface area contributed by atoms with E-state index in [4.69, 9.17) is 14.2 Å². The fraction of sp³-hybridized carbons (Fsp3) is 0.526. The van der Waals surface area contributed by atoms with Crippen LogP contribution in [0.4, 0.5) is 0 Å². The molecular weight excluding hydrogens is 304 g/mol. The molecule has 128 valence electrons. The van der Waals surface area contributed by atoms with Crippen molar-refractivity contribution in [2.45, 2.75) is 51.7 Å². The van der Waals surface area contributed by atoms with Crippen LogP contribution in [-0.2, 0) is 17.7 Å². The molecule has 1 aromatic heterocycles. The summed E-state index contributed by atoms with van der Waals surface area (Å²) in [5.74, 6) is 1.96. The third-order valence-corrected chi connectivity index (χ3v) is 5.01. The Bertz CT molecular complexity index is 725. The first-order chi connectivity index (χ1) is 11.7. The topological polar surface area (TPSA) is 45.5 Å². The first-order valence-electron chi connectivity index (χ1n) is 8.78. The fourth-order valence-corrected chi connectivity index (χ4v) is 3.60. The molecule has 5 nitrogen and oxygen atoms in total. The predicted octanol–water partition coefficient (Wildman–Crippen LogP) is 3.83. The molecule has 2 aromatic rings. The molecule has 0 bridgehead atoms. The molecule has 0 amide bonds. The van der Waals surface area contributed by atoms with Crippen molar-refractivity contribution >= 4 is 0 Å². The second-order valence-corrected chi connectivity index (χ2v) is 6.68. The summed E-state index contributed by atoms with van der Waals surface area (Å²) >= 11 is 0. The van der Waals surface area contributed by atoms with Gasteiger partial charge in [-0.25, -0.2) is 0 Å². The summed E-state index contributed by atoms with van der Waals surface area (Å²) in [7, 11) is 0. The minimum absolute atomic E-state index is 0.0319. The van der Waals surface area contributed by atoms with Crippen LogP contribution in [0.5, 0.6) is 11.5 Å². The minimum atomic E-state index is -0.0319. The molecule has 0 radical (unpaired) electrons. The van der Waals surface area contributed by atoms with Crippen molar-refractivity contribution in [3.63, 3.8) is 0 Å². The fourth-order valence-electron chi connectivity index (χ4n) is 3.60. The lowest BCUT2D eigenvalue weighted by Crippen LogP contribution is -2.14. The predicted molar refractivity (Wildman–Crippen MR) is 90.5 cm³/mol. The van der Waals surface area contributed by atoms with E-state index in [0.29, 0.717) is 12.5 Å².